The predicted octanol–water partition coefficient (Wildman–Crippen LogP) is 6.40. The molecule has 1 amide bonds. The van der Waals surface area contributed by atoms with E-state index in [0.717, 1.165) is 23.4 Å². The molecule has 0 aliphatic heterocycles. The summed E-state index contributed by atoms with van der Waals surface area (Å²) in [5.41, 5.74) is 7.17. The average Bonchev–Trinajstić information content (AvgIpc) is 3.40. The first-order valence-electron chi connectivity index (χ1n) is 11.0. The zero-order valence-corrected chi connectivity index (χ0v) is 18.3. The molecular formula is C27H26N2OS. The highest BCUT2D eigenvalue weighted by atomic mass is 32.1. The number of nitrogens with one attached hydrogen (secondary N) is 1. The van der Waals surface area contributed by atoms with Gasteiger partial charge in [-0.05, 0) is 78.6 Å². The fourth-order valence-corrected chi connectivity index (χ4v) is 5.08. The summed E-state index contributed by atoms with van der Waals surface area (Å²) < 4.78 is 2.41. The zero-order chi connectivity index (χ0) is 21.0. The van der Waals surface area contributed by atoms with Crippen molar-refractivity contribution in [1.82, 2.24) is 9.88 Å². The number of benzene rings is 2. The second kappa shape index (κ2) is 8.94. The molecule has 1 N–H and O–H groups in total. The van der Waals surface area contributed by atoms with Crippen LogP contribution in [0.4, 0.5) is 0 Å². The molecule has 0 spiro atoms. The van der Waals surface area contributed by atoms with E-state index in [9.17, 15) is 4.79 Å². The maximum atomic E-state index is 12.6. The Bertz CT molecular complexity index is 1160. The van der Waals surface area contributed by atoms with E-state index >= 15 is 0 Å². The topological polar surface area (TPSA) is 34.0 Å². The number of carbonyl (C=O) groups is 1. The summed E-state index contributed by atoms with van der Waals surface area (Å²) in [6.07, 6.45) is 6.03. The molecule has 0 saturated carbocycles. The van der Waals surface area contributed by atoms with E-state index in [4.69, 9.17) is 0 Å². The molecule has 0 unspecified atom stereocenters. The fraction of sp³-hybridized carbons (Fsp3) is 0.222. The SMILES string of the molecule is O=C(NCc1cccs1)c1ccc(-n2c(-c3ccccc3)cc3c2CCCCC3)cc1. The Hall–Kier alpha value is -3.11. The molecule has 4 aromatic rings. The molecule has 2 aromatic heterocycles. The number of hydrogen-bond acceptors (Lipinski definition) is 2. The van der Waals surface area contributed by atoms with Crippen LogP contribution in [0.2, 0.25) is 0 Å². The normalized spacial score (nSPS) is 13.4. The van der Waals surface area contributed by atoms with Crippen LogP contribution in [0.3, 0.4) is 0 Å². The minimum absolute atomic E-state index is 0.0328. The van der Waals surface area contributed by atoms with Crippen LogP contribution in [0.15, 0.2) is 78.2 Å². The van der Waals surface area contributed by atoms with Crippen molar-refractivity contribution in [2.75, 3.05) is 0 Å². The minimum atomic E-state index is -0.0328. The number of nitrogens with zero attached hydrogens (tertiary/aromatic N) is 1. The Morgan fingerprint density at radius 1 is 0.903 bits per heavy atom. The Morgan fingerprint density at radius 2 is 1.71 bits per heavy atom. The van der Waals surface area contributed by atoms with Crippen molar-refractivity contribution in [1.29, 1.82) is 0 Å². The molecule has 0 fully saturated rings. The molecule has 2 heterocycles. The van der Waals surface area contributed by atoms with Crippen molar-refractivity contribution in [3.05, 3.63) is 99.9 Å². The number of aromatic nitrogens is 1. The van der Waals surface area contributed by atoms with Gasteiger partial charge < -0.3 is 9.88 Å². The molecule has 5 rings (SSSR count). The van der Waals surface area contributed by atoms with Crippen LogP contribution in [0.25, 0.3) is 16.9 Å². The summed E-state index contributed by atoms with van der Waals surface area (Å²) in [6.45, 7) is 0.571. The van der Waals surface area contributed by atoms with E-state index in [1.165, 1.54) is 41.8 Å². The number of rotatable bonds is 5. The maximum absolute atomic E-state index is 12.6. The molecule has 0 atom stereocenters. The van der Waals surface area contributed by atoms with E-state index in [0.29, 0.717) is 12.1 Å². The lowest BCUT2D eigenvalue weighted by atomic mass is 10.1. The van der Waals surface area contributed by atoms with Crippen LogP contribution in [0.5, 0.6) is 0 Å². The summed E-state index contributed by atoms with van der Waals surface area (Å²) in [4.78, 5) is 13.8. The summed E-state index contributed by atoms with van der Waals surface area (Å²) in [5.74, 6) is -0.0328. The molecular weight excluding hydrogens is 400 g/mol. The summed E-state index contributed by atoms with van der Waals surface area (Å²) >= 11 is 1.66. The third kappa shape index (κ3) is 4.21. The van der Waals surface area contributed by atoms with Gasteiger partial charge in [-0.1, -0.05) is 42.8 Å². The highest BCUT2D eigenvalue weighted by Gasteiger charge is 2.19. The molecule has 0 bridgehead atoms. The third-order valence-electron chi connectivity index (χ3n) is 6.01. The molecule has 1 aliphatic rings. The number of thiophene rings is 1. The van der Waals surface area contributed by atoms with Crippen molar-refractivity contribution in [2.24, 2.45) is 0 Å². The van der Waals surface area contributed by atoms with Gasteiger partial charge in [0.1, 0.15) is 0 Å². The van der Waals surface area contributed by atoms with Gasteiger partial charge in [-0.2, -0.15) is 0 Å². The van der Waals surface area contributed by atoms with Gasteiger partial charge in [-0.15, -0.1) is 11.3 Å². The first-order chi connectivity index (χ1) is 15.3. The van der Waals surface area contributed by atoms with E-state index in [2.05, 4.69) is 58.4 Å². The van der Waals surface area contributed by atoms with Gasteiger partial charge in [-0.3, -0.25) is 4.79 Å². The fourth-order valence-electron chi connectivity index (χ4n) is 4.44. The van der Waals surface area contributed by atoms with Gasteiger partial charge in [0, 0.05) is 21.8 Å². The van der Waals surface area contributed by atoms with Crippen LogP contribution < -0.4 is 5.32 Å². The number of carbonyl (C=O) groups excluding carboxylic acids is 1. The van der Waals surface area contributed by atoms with E-state index in [1.54, 1.807) is 11.3 Å². The first-order valence-corrected chi connectivity index (χ1v) is 11.9. The van der Waals surface area contributed by atoms with Gasteiger partial charge in [0.2, 0.25) is 0 Å². The van der Waals surface area contributed by atoms with Gasteiger partial charge in [0.25, 0.3) is 5.91 Å². The molecule has 156 valence electrons. The van der Waals surface area contributed by atoms with Crippen LogP contribution in [-0.4, -0.2) is 10.5 Å². The van der Waals surface area contributed by atoms with Crippen molar-refractivity contribution in [3.8, 4) is 16.9 Å². The average molecular weight is 427 g/mol. The monoisotopic (exact) mass is 426 g/mol. The van der Waals surface area contributed by atoms with Crippen molar-refractivity contribution >= 4 is 17.2 Å². The van der Waals surface area contributed by atoms with Gasteiger partial charge in [0.05, 0.1) is 12.2 Å². The summed E-state index contributed by atoms with van der Waals surface area (Å²) in [7, 11) is 0. The van der Waals surface area contributed by atoms with Crippen LogP contribution in [0.1, 0.15) is 45.8 Å². The summed E-state index contributed by atoms with van der Waals surface area (Å²) in [6, 6.07) is 25.1. The van der Waals surface area contributed by atoms with E-state index in [1.807, 2.05) is 29.6 Å². The molecule has 0 saturated heterocycles. The van der Waals surface area contributed by atoms with Crippen molar-refractivity contribution in [3.63, 3.8) is 0 Å². The first kappa shape index (κ1) is 19.8. The van der Waals surface area contributed by atoms with Crippen LogP contribution in [-0.2, 0) is 19.4 Å². The van der Waals surface area contributed by atoms with Gasteiger partial charge in [-0.25, -0.2) is 0 Å². The molecule has 3 nitrogen and oxygen atoms in total. The lowest BCUT2D eigenvalue weighted by Gasteiger charge is -2.15. The third-order valence-corrected chi connectivity index (χ3v) is 6.89. The van der Waals surface area contributed by atoms with Gasteiger partial charge >= 0.3 is 0 Å². The van der Waals surface area contributed by atoms with Crippen molar-refractivity contribution in [2.45, 2.75) is 38.6 Å². The lowest BCUT2D eigenvalue weighted by molar-refractivity contribution is 0.0951. The predicted molar refractivity (Wildman–Crippen MR) is 128 cm³/mol. The maximum Gasteiger partial charge on any atom is 0.251 e. The highest BCUT2D eigenvalue weighted by molar-refractivity contribution is 7.09. The number of fused-ring (bicyclic) bond motifs is 1. The Balaban J connectivity index is 1.46. The molecule has 31 heavy (non-hydrogen) atoms. The molecule has 4 heteroatoms. The Kier molecular flexibility index (Phi) is 5.72. The Labute approximate surface area is 187 Å². The van der Waals surface area contributed by atoms with Crippen LogP contribution in [0, 0.1) is 0 Å². The number of aryl methyl sites for hydroxylation is 1. The standard InChI is InChI=1S/C27H26N2OS/c30-27(28-19-24-11-7-17-31-24)21-13-15-23(16-14-21)29-25-12-6-2-5-10-22(25)18-26(29)20-8-3-1-4-9-20/h1,3-4,7-9,11,13-18H,2,5-6,10,12,19H2,(H,28,30). The molecule has 2 aromatic carbocycles. The van der Waals surface area contributed by atoms with Crippen molar-refractivity contribution < 1.29 is 4.79 Å². The number of hydrogen-bond donors (Lipinski definition) is 1. The Morgan fingerprint density at radius 3 is 2.48 bits per heavy atom. The quantitative estimate of drug-likeness (QED) is 0.368. The smallest absolute Gasteiger partial charge is 0.251 e. The molecule has 0 radical (unpaired) electrons. The van der Waals surface area contributed by atoms with Crippen LogP contribution >= 0.6 is 11.3 Å². The zero-order valence-electron chi connectivity index (χ0n) is 17.5. The van der Waals surface area contributed by atoms with E-state index < -0.39 is 0 Å². The molecule has 1 aliphatic carbocycles. The largest absolute Gasteiger partial charge is 0.347 e. The second-order valence-electron chi connectivity index (χ2n) is 8.07. The minimum Gasteiger partial charge on any atom is -0.347 e. The lowest BCUT2D eigenvalue weighted by Crippen LogP contribution is -2.22. The number of amides is 1. The van der Waals surface area contributed by atoms with E-state index in [-0.39, 0.29) is 5.91 Å². The van der Waals surface area contributed by atoms with Gasteiger partial charge in [0.15, 0.2) is 0 Å². The summed E-state index contributed by atoms with van der Waals surface area (Å²) in [5, 5.41) is 5.04. The highest BCUT2D eigenvalue weighted by Crippen LogP contribution is 2.33. The second-order valence-corrected chi connectivity index (χ2v) is 9.10.